The van der Waals surface area contributed by atoms with E-state index in [9.17, 15) is 0 Å². The molecule has 1 unspecified atom stereocenters. The number of nitrogens with zero attached hydrogens (tertiary/aromatic N) is 2. The Morgan fingerprint density at radius 2 is 2.38 bits per heavy atom. The van der Waals surface area contributed by atoms with Crippen LogP contribution >= 0.6 is 0 Å². The van der Waals surface area contributed by atoms with E-state index in [1.807, 2.05) is 6.07 Å². The van der Waals surface area contributed by atoms with E-state index < -0.39 is 0 Å². The summed E-state index contributed by atoms with van der Waals surface area (Å²) in [4.78, 5) is 6.81. The molecule has 16 heavy (non-hydrogen) atoms. The topological polar surface area (TPSA) is 25.4 Å². The first-order chi connectivity index (χ1) is 7.86. The molecule has 3 nitrogen and oxygen atoms in total. The zero-order chi connectivity index (χ0) is 11.4. The molecule has 1 aromatic heterocycles. The zero-order valence-corrected chi connectivity index (χ0v) is 10.1. The molecule has 0 N–H and O–H groups in total. The second kappa shape index (κ2) is 5.30. The summed E-state index contributed by atoms with van der Waals surface area (Å²) in [5, 5.41) is 0. The third-order valence-corrected chi connectivity index (χ3v) is 3.37. The minimum Gasteiger partial charge on any atom is -0.481 e. The van der Waals surface area contributed by atoms with E-state index in [-0.39, 0.29) is 0 Å². The summed E-state index contributed by atoms with van der Waals surface area (Å²) >= 11 is 0. The van der Waals surface area contributed by atoms with E-state index in [0.717, 1.165) is 12.4 Å². The Labute approximate surface area is 97.4 Å². The molecule has 88 valence electrons. The van der Waals surface area contributed by atoms with Gasteiger partial charge in [0, 0.05) is 17.8 Å². The summed E-state index contributed by atoms with van der Waals surface area (Å²) in [7, 11) is 1.70. The van der Waals surface area contributed by atoms with Crippen LogP contribution in [-0.2, 0) is 0 Å². The lowest BCUT2D eigenvalue weighted by Gasteiger charge is -2.35. The average Bonchev–Trinajstić information content (AvgIpc) is 2.38. The minimum absolute atomic E-state index is 0.488. The smallest absolute Gasteiger partial charge is 0.217 e. The van der Waals surface area contributed by atoms with Crippen LogP contribution in [0.3, 0.4) is 0 Å². The highest BCUT2D eigenvalue weighted by molar-refractivity contribution is 5.29. The first-order valence-electron chi connectivity index (χ1n) is 6.09. The summed E-state index contributed by atoms with van der Waals surface area (Å²) in [6, 6.07) is 4.63. The van der Waals surface area contributed by atoms with Crippen LogP contribution in [0.4, 0.5) is 0 Å². The molecule has 2 rings (SSSR count). The Morgan fingerprint density at radius 3 is 3.12 bits per heavy atom. The third-order valence-electron chi connectivity index (χ3n) is 3.37. The molecule has 0 radical (unpaired) electrons. The van der Waals surface area contributed by atoms with Gasteiger partial charge in [0.05, 0.1) is 7.11 Å². The second-order valence-corrected chi connectivity index (χ2v) is 4.24. The van der Waals surface area contributed by atoms with Crippen LogP contribution < -0.4 is 4.74 Å². The molecule has 0 amide bonds. The van der Waals surface area contributed by atoms with Gasteiger partial charge in [0.15, 0.2) is 0 Å². The van der Waals surface area contributed by atoms with Crippen molar-refractivity contribution in [2.75, 3.05) is 20.2 Å². The van der Waals surface area contributed by atoms with Crippen LogP contribution in [0, 0.1) is 0 Å². The van der Waals surface area contributed by atoms with Crippen molar-refractivity contribution in [2.45, 2.75) is 32.2 Å². The summed E-state index contributed by atoms with van der Waals surface area (Å²) < 4.78 is 5.35. The number of likely N-dealkylation sites (tertiary alicyclic amines) is 1. The Bertz CT molecular complexity index is 340. The Morgan fingerprint density at radius 1 is 1.50 bits per heavy atom. The second-order valence-electron chi connectivity index (χ2n) is 4.24. The van der Waals surface area contributed by atoms with E-state index in [1.54, 1.807) is 13.3 Å². The van der Waals surface area contributed by atoms with Gasteiger partial charge in [-0.15, -0.1) is 0 Å². The average molecular weight is 220 g/mol. The molecule has 1 atom stereocenters. The van der Waals surface area contributed by atoms with Crippen molar-refractivity contribution in [3.05, 3.63) is 23.9 Å². The molecular weight excluding hydrogens is 200 g/mol. The number of pyridine rings is 1. The molecule has 1 saturated heterocycles. The quantitative estimate of drug-likeness (QED) is 0.783. The fraction of sp³-hybridized carbons (Fsp3) is 0.615. The van der Waals surface area contributed by atoms with Crippen molar-refractivity contribution in [2.24, 2.45) is 0 Å². The van der Waals surface area contributed by atoms with E-state index >= 15 is 0 Å². The molecular formula is C13H20N2O. The maximum atomic E-state index is 5.35. The van der Waals surface area contributed by atoms with Crippen LogP contribution in [0.2, 0.25) is 0 Å². The molecule has 1 aliphatic heterocycles. The van der Waals surface area contributed by atoms with Gasteiger partial charge < -0.3 is 4.74 Å². The van der Waals surface area contributed by atoms with Gasteiger partial charge in [-0.1, -0.05) is 19.4 Å². The number of methoxy groups -OCH3 is 1. The Hall–Kier alpha value is -1.09. The molecule has 0 saturated carbocycles. The van der Waals surface area contributed by atoms with Crippen LogP contribution in [0.15, 0.2) is 18.3 Å². The minimum atomic E-state index is 0.488. The van der Waals surface area contributed by atoms with Gasteiger partial charge in [-0.05, 0) is 32.0 Å². The summed E-state index contributed by atoms with van der Waals surface area (Å²) in [5.74, 6) is 0.785. The van der Waals surface area contributed by atoms with Gasteiger partial charge in [0.2, 0.25) is 5.88 Å². The van der Waals surface area contributed by atoms with Gasteiger partial charge in [-0.2, -0.15) is 0 Å². The molecule has 2 heterocycles. The van der Waals surface area contributed by atoms with E-state index in [1.165, 1.54) is 31.4 Å². The standard InChI is InChI=1S/C13H20N2O/c1-3-15-10-5-4-8-12(15)11-7-6-9-14-13(11)16-2/h6-7,9,12H,3-5,8,10H2,1-2H3. The van der Waals surface area contributed by atoms with Crippen LogP contribution in [0.5, 0.6) is 5.88 Å². The van der Waals surface area contributed by atoms with Crippen LogP contribution in [-0.4, -0.2) is 30.1 Å². The molecule has 0 spiro atoms. The lowest BCUT2D eigenvalue weighted by molar-refractivity contribution is 0.153. The SMILES string of the molecule is CCN1CCCCC1c1cccnc1OC. The first kappa shape index (κ1) is 11.4. The van der Waals surface area contributed by atoms with Crippen LogP contribution in [0.25, 0.3) is 0 Å². The van der Waals surface area contributed by atoms with Crippen molar-refractivity contribution < 1.29 is 4.74 Å². The third kappa shape index (κ3) is 2.19. The molecule has 1 aliphatic rings. The number of hydrogen-bond donors (Lipinski definition) is 0. The normalized spacial score (nSPS) is 22.0. The highest BCUT2D eigenvalue weighted by Crippen LogP contribution is 2.34. The van der Waals surface area contributed by atoms with Crippen molar-refractivity contribution in [1.29, 1.82) is 0 Å². The first-order valence-corrected chi connectivity index (χ1v) is 6.09. The molecule has 1 aromatic rings. The van der Waals surface area contributed by atoms with E-state index in [0.29, 0.717) is 6.04 Å². The maximum Gasteiger partial charge on any atom is 0.217 e. The number of piperidine rings is 1. The number of aromatic nitrogens is 1. The summed E-state index contributed by atoms with van der Waals surface area (Å²) in [6.07, 6.45) is 5.63. The highest BCUT2D eigenvalue weighted by atomic mass is 16.5. The van der Waals surface area contributed by atoms with E-state index in [4.69, 9.17) is 4.74 Å². The van der Waals surface area contributed by atoms with Crippen molar-refractivity contribution >= 4 is 0 Å². The molecule has 0 aromatic carbocycles. The van der Waals surface area contributed by atoms with E-state index in [2.05, 4.69) is 22.9 Å². The van der Waals surface area contributed by atoms with Gasteiger partial charge in [0.1, 0.15) is 0 Å². The van der Waals surface area contributed by atoms with Gasteiger partial charge in [-0.25, -0.2) is 4.98 Å². The van der Waals surface area contributed by atoms with Crippen LogP contribution in [0.1, 0.15) is 37.8 Å². The lowest BCUT2D eigenvalue weighted by Crippen LogP contribution is -2.33. The fourth-order valence-electron chi connectivity index (χ4n) is 2.55. The van der Waals surface area contributed by atoms with Gasteiger partial charge >= 0.3 is 0 Å². The Balaban J connectivity index is 2.26. The van der Waals surface area contributed by atoms with Gasteiger partial charge in [-0.3, -0.25) is 4.90 Å². The van der Waals surface area contributed by atoms with Crippen molar-refractivity contribution in [3.63, 3.8) is 0 Å². The number of rotatable bonds is 3. The Kier molecular flexibility index (Phi) is 3.78. The fourth-order valence-corrected chi connectivity index (χ4v) is 2.55. The summed E-state index contributed by atoms with van der Waals surface area (Å²) in [5.41, 5.74) is 1.24. The zero-order valence-electron chi connectivity index (χ0n) is 10.1. The van der Waals surface area contributed by atoms with Crippen molar-refractivity contribution in [1.82, 2.24) is 9.88 Å². The number of hydrogen-bond acceptors (Lipinski definition) is 3. The predicted molar refractivity (Wildman–Crippen MR) is 64.6 cm³/mol. The monoisotopic (exact) mass is 220 g/mol. The molecule has 1 fully saturated rings. The highest BCUT2D eigenvalue weighted by Gasteiger charge is 2.25. The van der Waals surface area contributed by atoms with Gasteiger partial charge in [0.25, 0.3) is 0 Å². The summed E-state index contributed by atoms with van der Waals surface area (Å²) in [6.45, 7) is 4.52. The lowest BCUT2D eigenvalue weighted by atomic mass is 9.96. The number of ether oxygens (including phenoxy) is 1. The van der Waals surface area contributed by atoms with Crippen molar-refractivity contribution in [3.8, 4) is 5.88 Å². The molecule has 3 heteroatoms. The largest absolute Gasteiger partial charge is 0.481 e. The maximum absolute atomic E-state index is 5.35. The predicted octanol–water partition coefficient (Wildman–Crippen LogP) is 2.64. The molecule has 0 aliphatic carbocycles. The molecule has 0 bridgehead atoms.